The Morgan fingerprint density at radius 1 is 0.222 bits per heavy atom. The van der Waals surface area contributed by atoms with E-state index in [9.17, 15) is 4.39 Å². The maximum atomic E-state index is 13.7. The number of fused-ring (bicyclic) bond motifs is 6. The van der Waals surface area contributed by atoms with Crippen molar-refractivity contribution in [3.8, 4) is 89.5 Å². The second-order valence-corrected chi connectivity index (χ2v) is 51.9. The van der Waals surface area contributed by atoms with Gasteiger partial charge in [0.25, 0.3) is 0 Å². The second kappa shape index (κ2) is 44.0. The highest BCUT2D eigenvalue weighted by atomic mass is 28.3. The monoisotopic (exact) mass is 1920 g/mol. The van der Waals surface area contributed by atoms with Crippen LogP contribution in [0, 0.1) is 57.2 Å². The van der Waals surface area contributed by atoms with Crippen molar-refractivity contribution in [2.75, 3.05) is 0 Å². The fourth-order valence-corrected chi connectivity index (χ4v) is 29.1. The molecule has 0 bridgehead atoms. The summed E-state index contributed by atoms with van der Waals surface area (Å²) in [6, 6.07) is 100.0. The van der Waals surface area contributed by atoms with Crippen LogP contribution in [0.5, 0.6) is 0 Å². The van der Waals surface area contributed by atoms with Crippen LogP contribution in [0.1, 0.15) is 303 Å². The average molecular weight is 1920 g/mol. The molecule has 4 nitrogen and oxygen atoms in total. The number of aryl methyl sites for hydroxylation is 8. The first-order valence-corrected chi connectivity index (χ1v) is 59.9. The van der Waals surface area contributed by atoms with Gasteiger partial charge in [0.2, 0.25) is 22.8 Å². The molecule has 0 aliphatic heterocycles. The van der Waals surface area contributed by atoms with E-state index in [4.69, 9.17) is 0 Å². The molecule has 0 spiro atoms. The molecule has 8 fully saturated rings. The summed E-state index contributed by atoms with van der Waals surface area (Å²) < 4.78 is 23.1. The Kier molecular flexibility index (Phi) is 30.1. The Labute approximate surface area is 862 Å². The van der Waals surface area contributed by atoms with E-state index in [1.165, 1.54) is 372 Å². The molecule has 4 aromatic heterocycles. The molecule has 8 aliphatic rings. The standard InChI is InChI=1S/C39H46N.C38H44N.C32H38NSi.C29H29FN/c1-27-10-6-9-15-36(27)39-25-37(38(26-40(39)2)29-12-4-3-5-13-29)35-21-20-33-23-32(18-19-34(33)24-35)31-17-16-28-11-7-8-14-30(28)22-31;1-26-10-6-9-15-35(26)38-24-36(37(25-39(38)2)27-11-4-3-5-12-27)33-19-18-30-20-32(17-16-31(30)21-33)34-22-28-13-7-8-14-29(28)23-34;1-23-11-9-10-14-29(23)32-21-30(31(22-33(32)2)24-12-7-6-8-13-24)27-16-15-26-20-28(34(3,4)5)18-17-25(26)19-27;1-20-8-6-7-11-26(20)29-18-27(28(19-31(29)2)21-9-4-3-5-10-21)24-13-12-23-17-25(30)15-14-22(23)16-24/h6,9-10,15,18-21,23-26,28-31H,3-5,7-8,11-14,16-17,22H2,1-2H3;6,9-10,15-21,24-25,27-29,34H,3-5,7-8,11-14,22-23H2,1-2H3;9-11,14-22,24H,6-8,12-13H2,1-5H3;6-8,11-19,21H,3-5,9-10H2,1-2H3/q4*+1. The van der Waals surface area contributed by atoms with Crippen molar-refractivity contribution in [1.29, 1.82) is 0 Å². The molecular formula is C138H157FN4Si+4. The van der Waals surface area contributed by atoms with Gasteiger partial charge in [0, 0.05) is 68.8 Å². The van der Waals surface area contributed by atoms with E-state index < -0.39 is 8.07 Å². The summed E-state index contributed by atoms with van der Waals surface area (Å²) in [5.41, 5.74) is 35.8. The summed E-state index contributed by atoms with van der Waals surface area (Å²) in [6.45, 7) is 16.1. The molecule has 8 aliphatic carbocycles. The van der Waals surface area contributed by atoms with Crippen molar-refractivity contribution in [3.63, 3.8) is 0 Å². The Morgan fingerprint density at radius 2 is 0.486 bits per heavy atom. The Hall–Kier alpha value is -11.6. The van der Waals surface area contributed by atoms with E-state index in [0.29, 0.717) is 23.7 Å². The first kappa shape index (κ1) is 98.5. The molecule has 0 radical (unpaired) electrons. The zero-order chi connectivity index (χ0) is 98.6. The van der Waals surface area contributed by atoms with E-state index in [1.54, 1.807) is 34.4 Å². The van der Waals surface area contributed by atoms with Crippen LogP contribution in [0.15, 0.2) is 292 Å². The van der Waals surface area contributed by atoms with Crippen LogP contribution in [-0.2, 0) is 28.2 Å². The first-order chi connectivity index (χ1) is 70.2. The molecular weight excluding hydrogens is 1760 g/mol. The molecule has 4 heterocycles. The quantitative estimate of drug-likeness (QED) is 0.0718. The number of nitrogens with zero attached hydrogens (tertiary/aromatic N) is 4. The number of hydrogen-bond donors (Lipinski definition) is 0. The number of pyridine rings is 4. The lowest BCUT2D eigenvalue weighted by Crippen LogP contribution is -2.37. The highest BCUT2D eigenvalue weighted by molar-refractivity contribution is 6.88. The largest absolute Gasteiger partial charge is 0.213 e. The van der Waals surface area contributed by atoms with Gasteiger partial charge in [-0.2, -0.15) is 0 Å². The molecule has 0 N–H and O–H groups in total. The summed E-state index contributed by atoms with van der Waals surface area (Å²) in [6.07, 6.45) is 55.2. The van der Waals surface area contributed by atoms with Gasteiger partial charge in [-0.05, 0) is 352 Å². The zero-order valence-electron chi connectivity index (χ0n) is 88.5. The van der Waals surface area contributed by atoms with Crippen LogP contribution in [0.3, 0.4) is 0 Å². The summed E-state index contributed by atoms with van der Waals surface area (Å²) in [4.78, 5) is 0. The summed E-state index contributed by atoms with van der Waals surface area (Å²) in [5, 5.41) is 11.9. The van der Waals surface area contributed by atoms with Gasteiger partial charge in [0.1, 0.15) is 34.0 Å². The van der Waals surface area contributed by atoms with Crippen LogP contribution in [0.25, 0.3) is 133 Å². The smallest absolute Gasteiger partial charge is 0.207 e. The highest BCUT2D eigenvalue weighted by Crippen LogP contribution is 2.53. The third-order valence-electron chi connectivity index (χ3n) is 36.3. The van der Waals surface area contributed by atoms with Crippen molar-refractivity contribution in [1.82, 2.24) is 0 Å². The normalized spacial score (nSPS) is 19.8. The maximum absolute atomic E-state index is 13.7. The molecule has 736 valence electrons. The number of benzene rings is 12. The minimum atomic E-state index is -1.32. The molecule has 5 atom stereocenters. The third kappa shape index (κ3) is 21.7. The fraction of sp³-hybridized carbons (Fsp3) is 0.391. The van der Waals surface area contributed by atoms with Gasteiger partial charge in [0.05, 0.1) is 8.07 Å². The lowest BCUT2D eigenvalue weighted by atomic mass is 9.66. The maximum Gasteiger partial charge on any atom is 0.213 e. The number of hydrogen-bond acceptors (Lipinski definition) is 0. The number of halogens is 1. The highest BCUT2D eigenvalue weighted by Gasteiger charge is 2.39. The summed E-state index contributed by atoms with van der Waals surface area (Å²) in [5.74, 6) is 7.90. The molecule has 0 amide bonds. The second-order valence-electron chi connectivity index (χ2n) is 46.8. The van der Waals surface area contributed by atoms with E-state index >= 15 is 0 Å². The molecule has 144 heavy (non-hydrogen) atoms. The Morgan fingerprint density at radius 3 is 0.819 bits per heavy atom. The number of rotatable bonds is 15. The SMILES string of the molecule is Cc1ccccc1-c1cc(-c2ccc3cc(C4CC5CCCCC5C4)ccc3c2)c(C2CCCCC2)c[n+]1C.Cc1ccccc1-c1cc(-c2ccc3cc(C4CCC5CCCCC5C4)ccc3c2)c(C2CCCCC2)c[n+]1C.Cc1ccccc1-c1cc(-c2ccc3cc(F)ccc3c2)c(C2CCCCC2)c[n+]1C.Cc1ccccc1-c1cc(-c2ccc3cc([Si](C)(C)C)ccc3c2)c(C2CCCCC2)c[n+]1C. The Balaban J connectivity index is 0.000000114. The van der Waals surface area contributed by atoms with Crippen LogP contribution < -0.4 is 23.5 Å². The molecule has 8 saturated carbocycles. The van der Waals surface area contributed by atoms with Gasteiger partial charge >= 0.3 is 0 Å². The lowest BCUT2D eigenvalue weighted by Gasteiger charge is -2.39. The summed E-state index contributed by atoms with van der Waals surface area (Å²) in [7, 11) is 7.54. The Bertz CT molecular complexity index is 7310. The van der Waals surface area contributed by atoms with Crippen LogP contribution in [-0.4, -0.2) is 8.07 Å². The van der Waals surface area contributed by atoms with Crippen LogP contribution in [0.2, 0.25) is 19.6 Å². The zero-order valence-corrected chi connectivity index (χ0v) is 89.5. The van der Waals surface area contributed by atoms with Crippen molar-refractivity contribution in [3.05, 3.63) is 353 Å². The third-order valence-corrected chi connectivity index (χ3v) is 38.3. The van der Waals surface area contributed by atoms with Crippen molar-refractivity contribution >= 4 is 56.4 Å². The fourth-order valence-electron chi connectivity index (χ4n) is 28.0. The average Bonchev–Trinajstić information content (AvgIpc) is 0.916. The van der Waals surface area contributed by atoms with E-state index in [0.717, 1.165) is 46.3 Å². The molecule has 16 aromatic rings. The number of aromatic nitrogens is 4. The molecule has 6 heteroatoms. The van der Waals surface area contributed by atoms with Gasteiger partial charge in [-0.3, -0.25) is 0 Å². The molecule has 0 saturated heterocycles. The first-order valence-electron chi connectivity index (χ1n) is 56.4. The lowest BCUT2D eigenvalue weighted by molar-refractivity contribution is -0.660. The van der Waals surface area contributed by atoms with Gasteiger partial charge in [-0.25, -0.2) is 22.7 Å². The van der Waals surface area contributed by atoms with E-state index in [1.807, 2.05) is 6.07 Å². The molecule has 5 unspecified atom stereocenters. The van der Waals surface area contributed by atoms with Crippen molar-refractivity contribution in [2.24, 2.45) is 51.9 Å². The summed E-state index contributed by atoms with van der Waals surface area (Å²) >= 11 is 0. The predicted octanol–water partition coefficient (Wildman–Crippen LogP) is 35.9. The van der Waals surface area contributed by atoms with Gasteiger partial charge < -0.3 is 0 Å². The minimum Gasteiger partial charge on any atom is -0.207 e. The van der Waals surface area contributed by atoms with E-state index in [-0.39, 0.29) is 5.82 Å². The van der Waals surface area contributed by atoms with Crippen molar-refractivity contribution in [2.45, 2.75) is 295 Å². The minimum absolute atomic E-state index is 0.184. The van der Waals surface area contributed by atoms with Crippen LogP contribution >= 0.6 is 0 Å². The van der Waals surface area contributed by atoms with Crippen molar-refractivity contribution < 1.29 is 22.7 Å². The van der Waals surface area contributed by atoms with Gasteiger partial charge in [-0.15, -0.1) is 0 Å². The predicted molar refractivity (Wildman–Crippen MR) is 609 cm³/mol. The van der Waals surface area contributed by atoms with Crippen LogP contribution in [0.4, 0.5) is 4.39 Å². The van der Waals surface area contributed by atoms with E-state index in [2.05, 4.69) is 367 Å². The van der Waals surface area contributed by atoms with Gasteiger partial charge in [0.15, 0.2) is 24.8 Å². The topological polar surface area (TPSA) is 15.5 Å². The molecule has 12 aromatic carbocycles. The molecule has 24 rings (SSSR count). The van der Waals surface area contributed by atoms with Gasteiger partial charge in [-0.1, -0.05) is 335 Å².